The molecule has 0 aromatic heterocycles. The second kappa shape index (κ2) is 4.58. The van der Waals surface area contributed by atoms with E-state index in [-0.39, 0.29) is 16.6 Å². The predicted molar refractivity (Wildman–Crippen MR) is 60.9 cm³/mol. The quantitative estimate of drug-likeness (QED) is 0.840. The van der Waals surface area contributed by atoms with Crippen LogP contribution in [-0.2, 0) is 4.79 Å². The van der Waals surface area contributed by atoms with Crippen LogP contribution >= 0.6 is 11.6 Å². The second-order valence-electron chi connectivity index (χ2n) is 3.96. The van der Waals surface area contributed by atoms with Gasteiger partial charge >= 0.3 is 0 Å². The minimum absolute atomic E-state index is 0.0896. The maximum absolute atomic E-state index is 13.6. The van der Waals surface area contributed by atoms with E-state index in [1.54, 1.807) is 0 Å². The molecule has 3 nitrogen and oxygen atoms in total. The van der Waals surface area contributed by atoms with Crippen LogP contribution in [0.1, 0.15) is 12.8 Å². The number of anilines is 1. The van der Waals surface area contributed by atoms with Crippen molar-refractivity contribution in [2.75, 3.05) is 11.4 Å². The Labute approximate surface area is 102 Å². The molecule has 0 radical (unpaired) electrons. The summed E-state index contributed by atoms with van der Waals surface area (Å²) >= 11 is 5.77. The zero-order valence-electron chi connectivity index (χ0n) is 8.92. The Morgan fingerprint density at radius 1 is 1.41 bits per heavy atom. The molecule has 6 heteroatoms. The first-order chi connectivity index (χ1) is 8.00. The van der Waals surface area contributed by atoms with Crippen LogP contribution < -0.4 is 10.6 Å². The minimum atomic E-state index is -0.850. The van der Waals surface area contributed by atoms with Crippen LogP contribution in [0.2, 0.25) is 5.02 Å². The first-order valence-electron chi connectivity index (χ1n) is 5.22. The molecule has 17 heavy (non-hydrogen) atoms. The lowest BCUT2D eigenvalue weighted by molar-refractivity contribution is -0.120. The first kappa shape index (κ1) is 12.3. The normalized spacial score (nSPS) is 20.8. The SMILES string of the molecule is NC1CCCN(c2c(F)cc(F)cc2Cl)C1=O. The topological polar surface area (TPSA) is 46.3 Å². The molecular formula is C11H11ClF2N2O. The molecule has 1 aliphatic rings. The summed E-state index contributed by atoms with van der Waals surface area (Å²) in [4.78, 5) is 13.0. The summed E-state index contributed by atoms with van der Waals surface area (Å²) in [7, 11) is 0. The largest absolute Gasteiger partial charge is 0.320 e. The number of benzene rings is 1. The van der Waals surface area contributed by atoms with Crippen molar-refractivity contribution in [1.29, 1.82) is 0 Å². The lowest BCUT2D eigenvalue weighted by Crippen LogP contribution is -2.48. The molecule has 2 N–H and O–H groups in total. The van der Waals surface area contributed by atoms with Gasteiger partial charge in [0.1, 0.15) is 5.82 Å². The molecule has 0 aliphatic carbocycles. The van der Waals surface area contributed by atoms with Crippen molar-refractivity contribution in [3.8, 4) is 0 Å². The number of rotatable bonds is 1. The van der Waals surface area contributed by atoms with Crippen molar-refractivity contribution in [2.45, 2.75) is 18.9 Å². The lowest BCUT2D eigenvalue weighted by Gasteiger charge is -2.31. The van der Waals surface area contributed by atoms with Crippen LogP contribution in [-0.4, -0.2) is 18.5 Å². The summed E-state index contributed by atoms with van der Waals surface area (Å²) < 4.78 is 26.5. The van der Waals surface area contributed by atoms with E-state index in [1.807, 2.05) is 0 Å². The Morgan fingerprint density at radius 3 is 2.76 bits per heavy atom. The average Bonchev–Trinajstić information content (AvgIpc) is 2.23. The van der Waals surface area contributed by atoms with Crippen LogP contribution in [0, 0.1) is 11.6 Å². The van der Waals surface area contributed by atoms with E-state index in [1.165, 1.54) is 4.90 Å². The molecule has 1 atom stereocenters. The van der Waals surface area contributed by atoms with Crippen molar-refractivity contribution >= 4 is 23.2 Å². The van der Waals surface area contributed by atoms with Crippen molar-refractivity contribution in [3.05, 3.63) is 28.8 Å². The Bertz CT molecular complexity index is 444. The molecule has 1 aliphatic heterocycles. The Kier molecular flexibility index (Phi) is 3.31. The summed E-state index contributed by atoms with van der Waals surface area (Å²) in [5, 5.41) is -0.120. The van der Waals surface area contributed by atoms with E-state index in [2.05, 4.69) is 0 Å². The fourth-order valence-corrected chi connectivity index (χ4v) is 2.21. The van der Waals surface area contributed by atoms with E-state index >= 15 is 0 Å². The standard InChI is InChI=1S/C11H11ClF2N2O/c12-7-4-6(13)5-8(14)10(7)16-3-1-2-9(15)11(16)17/h4-5,9H,1-3,15H2. The van der Waals surface area contributed by atoms with Gasteiger partial charge in [0.2, 0.25) is 5.91 Å². The van der Waals surface area contributed by atoms with Crippen LogP contribution in [0.25, 0.3) is 0 Å². The van der Waals surface area contributed by atoms with Crippen molar-refractivity contribution in [3.63, 3.8) is 0 Å². The van der Waals surface area contributed by atoms with Gasteiger partial charge in [-0.2, -0.15) is 0 Å². The van der Waals surface area contributed by atoms with Gasteiger partial charge in [-0.1, -0.05) is 11.6 Å². The molecule has 0 bridgehead atoms. The molecule has 0 saturated carbocycles. The van der Waals surface area contributed by atoms with Crippen LogP contribution in [0.15, 0.2) is 12.1 Å². The van der Waals surface area contributed by atoms with E-state index < -0.39 is 17.7 Å². The maximum Gasteiger partial charge on any atom is 0.244 e. The highest BCUT2D eigenvalue weighted by molar-refractivity contribution is 6.34. The number of nitrogens with zero attached hydrogens (tertiary/aromatic N) is 1. The molecule has 1 aromatic rings. The number of hydrogen-bond acceptors (Lipinski definition) is 2. The number of piperidine rings is 1. The number of carbonyl (C=O) groups is 1. The fraction of sp³-hybridized carbons (Fsp3) is 0.364. The second-order valence-corrected chi connectivity index (χ2v) is 4.36. The third-order valence-electron chi connectivity index (χ3n) is 2.73. The van der Waals surface area contributed by atoms with Crippen molar-refractivity contribution in [1.82, 2.24) is 0 Å². The Balaban J connectivity index is 2.43. The number of halogens is 3. The van der Waals surface area contributed by atoms with Crippen LogP contribution in [0.4, 0.5) is 14.5 Å². The molecule has 0 spiro atoms. The first-order valence-corrected chi connectivity index (χ1v) is 5.60. The molecule has 1 fully saturated rings. The summed E-state index contributed by atoms with van der Waals surface area (Å²) in [6.45, 7) is 0.342. The van der Waals surface area contributed by atoms with Gasteiger partial charge in [-0.25, -0.2) is 8.78 Å². The average molecular weight is 261 g/mol. The van der Waals surface area contributed by atoms with Gasteiger partial charge in [0.15, 0.2) is 5.82 Å². The van der Waals surface area contributed by atoms with Gasteiger partial charge in [-0.05, 0) is 18.9 Å². The van der Waals surface area contributed by atoms with E-state index in [0.29, 0.717) is 25.5 Å². The van der Waals surface area contributed by atoms with Gasteiger partial charge in [0, 0.05) is 12.6 Å². The molecule has 1 amide bonds. The van der Waals surface area contributed by atoms with Gasteiger partial charge in [-0.15, -0.1) is 0 Å². The fourth-order valence-electron chi connectivity index (χ4n) is 1.92. The minimum Gasteiger partial charge on any atom is -0.320 e. The van der Waals surface area contributed by atoms with Crippen molar-refractivity contribution in [2.24, 2.45) is 5.73 Å². The predicted octanol–water partition coefficient (Wildman–Crippen LogP) is 2.07. The van der Waals surface area contributed by atoms with Gasteiger partial charge in [-0.3, -0.25) is 4.79 Å². The Morgan fingerprint density at radius 2 is 2.12 bits per heavy atom. The van der Waals surface area contributed by atoms with Crippen LogP contribution in [0.5, 0.6) is 0 Å². The van der Waals surface area contributed by atoms with Gasteiger partial charge < -0.3 is 10.6 Å². The number of carbonyl (C=O) groups excluding carboxylic acids is 1. The monoisotopic (exact) mass is 260 g/mol. The summed E-state index contributed by atoms with van der Waals surface area (Å²) in [6, 6.07) is 1.03. The zero-order valence-corrected chi connectivity index (χ0v) is 9.68. The lowest BCUT2D eigenvalue weighted by atomic mass is 10.0. The Hall–Kier alpha value is -1.20. The molecule has 1 unspecified atom stereocenters. The van der Waals surface area contributed by atoms with E-state index in [0.717, 1.165) is 6.07 Å². The molecule has 1 saturated heterocycles. The molecular weight excluding hydrogens is 250 g/mol. The third-order valence-corrected chi connectivity index (χ3v) is 3.02. The summed E-state index contributed by atoms with van der Waals surface area (Å²) in [5.74, 6) is -2.01. The van der Waals surface area contributed by atoms with Gasteiger partial charge in [0.25, 0.3) is 0 Å². The number of amides is 1. The smallest absolute Gasteiger partial charge is 0.244 e. The summed E-state index contributed by atoms with van der Waals surface area (Å²) in [6.07, 6.45) is 1.23. The molecule has 2 rings (SSSR count). The van der Waals surface area contributed by atoms with Crippen molar-refractivity contribution < 1.29 is 13.6 Å². The number of hydrogen-bond donors (Lipinski definition) is 1. The summed E-state index contributed by atoms with van der Waals surface area (Å²) in [5.41, 5.74) is 5.52. The zero-order chi connectivity index (χ0) is 12.6. The molecule has 1 aromatic carbocycles. The third kappa shape index (κ3) is 2.25. The highest BCUT2D eigenvalue weighted by Crippen LogP contribution is 2.32. The van der Waals surface area contributed by atoms with E-state index in [4.69, 9.17) is 17.3 Å². The highest BCUT2D eigenvalue weighted by atomic mass is 35.5. The highest BCUT2D eigenvalue weighted by Gasteiger charge is 2.30. The molecule has 92 valence electrons. The van der Waals surface area contributed by atoms with Gasteiger partial charge in [0.05, 0.1) is 16.8 Å². The molecule has 1 heterocycles. The van der Waals surface area contributed by atoms with E-state index in [9.17, 15) is 13.6 Å². The van der Waals surface area contributed by atoms with Crippen LogP contribution in [0.3, 0.4) is 0 Å². The number of nitrogens with two attached hydrogens (primary N) is 1. The maximum atomic E-state index is 13.6.